The molecular weight excluding hydrogens is 138 g/mol. The highest BCUT2D eigenvalue weighted by Gasteiger charge is 2.20. The molecule has 11 heavy (non-hydrogen) atoms. The monoisotopic (exact) mass is 152 g/mol. The van der Waals surface area contributed by atoms with Gasteiger partial charge in [-0.1, -0.05) is 6.58 Å². The lowest BCUT2D eigenvalue weighted by Crippen LogP contribution is -2.41. The lowest BCUT2D eigenvalue weighted by molar-refractivity contribution is -0.128. The van der Waals surface area contributed by atoms with Crippen LogP contribution in [0.4, 0.5) is 0 Å². The number of carbonyl (C=O) groups excluding carboxylic acids is 1. The van der Waals surface area contributed by atoms with E-state index < -0.39 is 0 Å². The zero-order valence-electron chi connectivity index (χ0n) is 6.75. The molecule has 1 rings (SSSR count). The number of nitrogens with zero attached hydrogens (tertiary/aromatic N) is 1. The van der Waals surface area contributed by atoms with Crippen molar-refractivity contribution in [2.24, 2.45) is 0 Å². The van der Waals surface area contributed by atoms with Crippen LogP contribution < -0.4 is 0 Å². The average Bonchev–Trinajstić information content (AvgIpc) is 2.04. The Balaban J connectivity index is 2.53. The second kappa shape index (κ2) is 3.56. The van der Waals surface area contributed by atoms with Gasteiger partial charge in [0.15, 0.2) is 0 Å². The molecule has 0 aliphatic carbocycles. The highest BCUT2D eigenvalue weighted by atomic mass is 16.2. The van der Waals surface area contributed by atoms with Crippen LogP contribution in [0.2, 0.25) is 0 Å². The number of piperidine rings is 1. The molecule has 0 aromatic carbocycles. The van der Waals surface area contributed by atoms with Crippen molar-refractivity contribution in [3.05, 3.63) is 19.6 Å². The van der Waals surface area contributed by atoms with Crippen molar-refractivity contribution in [2.45, 2.75) is 25.3 Å². The fourth-order valence-electron chi connectivity index (χ4n) is 1.41. The van der Waals surface area contributed by atoms with Crippen LogP contribution >= 0.6 is 0 Å². The summed E-state index contributed by atoms with van der Waals surface area (Å²) in [5.74, 6) is 0.0182. The van der Waals surface area contributed by atoms with Gasteiger partial charge in [0.25, 0.3) is 0 Å². The Morgan fingerprint density at radius 3 is 2.82 bits per heavy atom. The highest BCUT2D eigenvalue weighted by molar-refractivity contribution is 5.87. The molecule has 2 nitrogen and oxygen atoms in total. The predicted molar refractivity (Wildman–Crippen MR) is 44.9 cm³/mol. The summed E-state index contributed by atoms with van der Waals surface area (Å²) in [7, 11) is 0. The number of amides is 1. The standard InChI is InChI=1S/C9H14NO/c1-3-9(11)10-7-5-4-6-8(10)2/h3,8H,1-2,4-7H2/t8-/m1/s1. The number of likely N-dealkylation sites (tertiary alicyclic amines) is 1. The van der Waals surface area contributed by atoms with E-state index in [-0.39, 0.29) is 11.9 Å². The van der Waals surface area contributed by atoms with Gasteiger partial charge in [0.1, 0.15) is 0 Å². The Bertz CT molecular complexity index is 165. The molecule has 0 N–H and O–H groups in total. The molecule has 1 heterocycles. The molecule has 1 amide bonds. The van der Waals surface area contributed by atoms with E-state index >= 15 is 0 Å². The Morgan fingerprint density at radius 1 is 1.55 bits per heavy atom. The maximum absolute atomic E-state index is 11.1. The molecule has 1 aliphatic rings. The minimum atomic E-state index is 0.0182. The molecule has 1 aliphatic heterocycles. The van der Waals surface area contributed by atoms with Crippen molar-refractivity contribution in [1.82, 2.24) is 4.90 Å². The predicted octanol–water partition coefficient (Wildman–Crippen LogP) is 1.39. The zero-order valence-corrected chi connectivity index (χ0v) is 6.75. The molecule has 1 radical (unpaired) electrons. The smallest absolute Gasteiger partial charge is 0.246 e. The largest absolute Gasteiger partial charge is 0.336 e. The van der Waals surface area contributed by atoms with Gasteiger partial charge < -0.3 is 4.90 Å². The molecule has 0 bridgehead atoms. The van der Waals surface area contributed by atoms with Crippen molar-refractivity contribution in [2.75, 3.05) is 6.54 Å². The van der Waals surface area contributed by atoms with Gasteiger partial charge in [-0.25, -0.2) is 0 Å². The van der Waals surface area contributed by atoms with Crippen LogP contribution in [0.15, 0.2) is 12.7 Å². The molecule has 0 unspecified atom stereocenters. The zero-order chi connectivity index (χ0) is 8.27. The van der Waals surface area contributed by atoms with Crippen LogP contribution in [0, 0.1) is 6.92 Å². The van der Waals surface area contributed by atoms with E-state index in [0.29, 0.717) is 0 Å². The van der Waals surface area contributed by atoms with E-state index in [2.05, 4.69) is 13.5 Å². The molecule has 0 saturated carbocycles. The molecule has 61 valence electrons. The van der Waals surface area contributed by atoms with Gasteiger partial charge in [0.05, 0.1) is 0 Å². The summed E-state index contributed by atoms with van der Waals surface area (Å²) in [6.45, 7) is 8.20. The summed E-state index contributed by atoms with van der Waals surface area (Å²) in [5.41, 5.74) is 0. The van der Waals surface area contributed by atoms with E-state index in [1.165, 1.54) is 12.5 Å². The summed E-state index contributed by atoms with van der Waals surface area (Å²) in [6, 6.07) is 0.161. The number of hydrogen-bond acceptors (Lipinski definition) is 1. The molecule has 1 saturated heterocycles. The topological polar surface area (TPSA) is 20.3 Å². The number of carbonyl (C=O) groups is 1. The minimum Gasteiger partial charge on any atom is -0.336 e. The first-order chi connectivity index (χ1) is 5.25. The van der Waals surface area contributed by atoms with E-state index in [9.17, 15) is 4.79 Å². The maximum atomic E-state index is 11.1. The number of hydrogen-bond donors (Lipinski definition) is 0. The van der Waals surface area contributed by atoms with Crippen LogP contribution in [0.5, 0.6) is 0 Å². The summed E-state index contributed by atoms with van der Waals surface area (Å²) >= 11 is 0. The van der Waals surface area contributed by atoms with E-state index in [1.54, 1.807) is 4.90 Å². The van der Waals surface area contributed by atoms with Crippen molar-refractivity contribution in [1.29, 1.82) is 0 Å². The fraction of sp³-hybridized carbons (Fsp3) is 0.556. The second-order valence-electron chi connectivity index (χ2n) is 2.89. The molecule has 0 aromatic rings. The third-order valence-corrected chi connectivity index (χ3v) is 2.08. The Morgan fingerprint density at radius 2 is 2.27 bits per heavy atom. The third kappa shape index (κ3) is 1.82. The fourth-order valence-corrected chi connectivity index (χ4v) is 1.41. The quantitative estimate of drug-likeness (QED) is 0.520. The lowest BCUT2D eigenvalue weighted by atomic mass is 10.0. The van der Waals surface area contributed by atoms with Gasteiger partial charge in [-0.2, -0.15) is 0 Å². The summed E-state index contributed by atoms with van der Waals surface area (Å²) in [4.78, 5) is 12.9. The third-order valence-electron chi connectivity index (χ3n) is 2.08. The first-order valence-corrected chi connectivity index (χ1v) is 4.02. The average molecular weight is 152 g/mol. The molecule has 2 heteroatoms. The Labute approximate surface area is 67.9 Å². The van der Waals surface area contributed by atoms with Gasteiger partial charge >= 0.3 is 0 Å². The van der Waals surface area contributed by atoms with Crippen molar-refractivity contribution < 1.29 is 4.79 Å². The molecule has 1 fully saturated rings. The van der Waals surface area contributed by atoms with E-state index in [4.69, 9.17) is 0 Å². The molecule has 1 atom stereocenters. The molecule has 0 aromatic heterocycles. The van der Waals surface area contributed by atoms with E-state index in [0.717, 1.165) is 19.4 Å². The summed E-state index contributed by atoms with van der Waals surface area (Å²) in [5, 5.41) is 0. The second-order valence-corrected chi connectivity index (χ2v) is 2.89. The maximum Gasteiger partial charge on any atom is 0.246 e. The van der Waals surface area contributed by atoms with Crippen LogP contribution in [0.25, 0.3) is 0 Å². The minimum absolute atomic E-state index is 0.0182. The summed E-state index contributed by atoms with van der Waals surface area (Å²) < 4.78 is 0. The SMILES string of the molecule is [CH2][C@@H]1CCCCN1C(=O)C=C. The first-order valence-electron chi connectivity index (χ1n) is 4.02. The van der Waals surface area contributed by atoms with Crippen LogP contribution in [-0.2, 0) is 4.79 Å². The highest BCUT2D eigenvalue weighted by Crippen LogP contribution is 2.15. The van der Waals surface area contributed by atoms with Crippen molar-refractivity contribution in [3.63, 3.8) is 0 Å². The van der Waals surface area contributed by atoms with E-state index in [1.807, 2.05) is 0 Å². The Hall–Kier alpha value is -0.790. The lowest BCUT2D eigenvalue weighted by Gasteiger charge is -2.32. The van der Waals surface area contributed by atoms with Crippen LogP contribution in [0.1, 0.15) is 19.3 Å². The van der Waals surface area contributed by atoms with Gasteiger partial charge in [0, 0.05) is 12.6 Å². The van der Waals surface area contributed by atoms with Crippen LogP contribution in [0.3, 0.4) is 0 Å². The van der Waals surface area contributed by atoms with Gasteiger partial charge in [-0.05, 0) is 32.3 Å². The van der Waals surface area contributed by atoms with Gasteiger partial charge in [-0.15, -0.1) is 0 Å². The normalized spacial score (nSPS) is 24.8. The van der Waals surface area contributed by atoms with Crippen molar-refractivity contribution >= 4 is 5.91 Å². The van der Waals surface area contributed by atoms with Gasteiger partial charge in [-0.3, -0.25) is 4.79 Å². The van der Waals surface area contributed by atoms with Crippen LogP contribution in [-0.4, -0.2) is 23.4 Å². The first kappa shape index (κ1) is 8.31. The summed E-state index contributed by atoms with van der Waals surface area (Å²) in [6.07, 6.45) is 4.68. The van der Waals surface area contributed by atoms with Gasteiger partial charge in [0.2, 0.25) is 5.91 Å². The number of rotatable bonds is 1. The Kier molecular flexibility index (Phi) is 2.69. The van der Waals surface area contributed by atoms with Crippen molar-refractivity contribution in [3.8, 4) is 0 Å². The molecule has 0 spiro atoms. The molecular formula is C9H14NO.